The lowest BCUT2D eigenvalue weighted by Crippen LogP contribution is -2.16. The van der Waals surface area contributed by atoms with Crippen molar-refractivity contribution in [3.63, 3.8) is 0 Å². The Bertz CT molecular complexity index is 827. The molecule has 9 heteroatoms. The van der Waals surface area contributed by atoms with Gasteiger partial charge in [-0.1, -0.05) is 11.6 Å². The van der Waals surface area contributed by atoms with Crippen LogP contribution in [0.2, 0.25) is 5.02 Å². The Morgan fingerprint density at radius 3 is 2.67 bits per heavy atom. The molecule has 0 bridgehead atoms. The van der Waals surface area contributed by atoms with E-state index in [1.807, 2.05) is 4.72 Å². The van der Waals surface area contributed by atoms with Crippen molar-refractivity contribution in [2.75, 3.05) is 4.72 Å². The van der Waals surface area contributed by atoms with Gasteiger partial charge in [0.1, 0.15) is 22.5 Å². The van der Waals surface area contributed by atoms with Crippen LogP contribution < -0.4 is 4.72 Å². The molecule has 0 atom stereocenters. The molecule has 2 aromatic rings. The quantitative estimate of drug-likeness (QED) is 0.938. The topological polar surface area (TPSA) is 82.8 Å². The Kier molecular flexibility index (Phi) is 4.06. The lowest BCUT2D eigenvalue weighted by atomic mass is 10.3. The molecule has 1 N–H and O–H groups in total. The van der Waals surface area contributed by atoms with Gasteiger partial charge in [0.2, 0.25) is 0 Å². The molecule has 0 aliphatic rings. The van der Waals surface area contributed by atoms with Crippen LogP contribution >= 0.6 is 11.6 Å². The minimum Gasteiger partial charge on any atom is -0.275 e. The van der Waals surface area contributed by atoms with E-state index in [9.17, 15) is 17.2 Å². The van der Waals surface area contributed by atoms with Gasteiger partial charge < -0.3 is 0 Å². The zero-order valence-electron chi connectivity index (χ0n) is 10.1. The molecule has 2 rings (SSSR count). The van der Waals surface area contributed by atoms with Crippen molar-refractivity contribution < 1.29 is 17.2 Å². The van der Waals surface area contributed by atoms with Gasteiger partial charge in [-0.2, -0.15) is 5.26 Å². The number of aromatic nitrogens is 1. The summed E-state index contributed by atoms with van der Waals surface area (Å²) < 4.78 is 52.7. The summed E-state index contributed by atoms with van der Waals surface area (Å²) in [4.78, 5) is 3.16. The van der Waals surface area contributed by atoms with E-state index in [2.05, 4.69) is 4.98 Å². The number of halogens is 3. The third-order valence-corrected chi connectivity index (χ3v) is 4.09. The molecule has 5 nitrogen and oxygen atoms in total. The second-order valence-electron chi connectivity index (χ2n) is 3.81. The minimum atomic E-state index is -4.30. The van der Waals surface area contributed by atoms with Crippen molar-refractivity contribution in [1.29, 1.82) is 5.26 Å². The monoisotopic (exact) mass is 329 g/mol. The SMILES string of the molecule is N#Cc1ncccc1S(=O)(=O)Nc1c(F)cc(F)cc1Cl. The van der Waals surface area contributed by atoms with Crippen LogP contribution in [-0.4, -0.2) is 13.4 Å². The van der Waals surface area contributed by atoms with Gasteiger partial charge in [-0.3, -0.25) is 4.72 Å². The first-order valence-electron chi connectivity index (χ1n) is 5.37. The molecule has 108 valence electrons. The first kappa shape index (κ1) is 15.2. The first-order chi connectivity index (χ1) is 9.85. The summed E-state index contributed by atoms with van der Waals surface area (Å²) in [5.74, 6) is -2.12. The summed E-state index contributed by atoms with van der Waals surface area (Å²) in [7, 11) is -4.30. The van der Waals surface area contributed by atoms with E-state index in [1.54, 1.807) is 6.07 Å². The Labute approximate surface area is 123 Å². The summed E-state index contributed by atoms with van der Waals surface area (Å²) in [6.07, 6.45) is 1.24. The highest BCUT2D eigenvalue weighted by molar-refractivity contribution is 7.92. The fourth-order valence-electron chi connectivity index (χ4n) is 1.52. The first-order valence-corrected chi connectivity index (χ1v) is 7.24. The zero-order valence-corrected chi connectivity index (χ0v) is 11.7. The van der Waals surface area contributed by atoms with Crippen molar-refractivity contribution in [2.45, 2.75) is 4.90 Å². The number of sulfonamides is 1. The number of benzene rings is 1. The molecule has 0 saturated carbocycles. The van der Waals surface area contributed by atoms with Gasteiger partial charge in [-0.25, -0.2) is 22.2 Å². The van der Waals surface area contributed by atoms with E-state index in [4.69, 9.17) is 16.9 Å². The zero-order chi connectivity index (χ0) is 15.6. The predicted molar refractivity (Wildman–Crippen MR) is 71.1 cm³/mol. The number of nitrogens with zero attached hydrogens (tertiary/aromatic N) is 2. The van der Waals surface area contributed by atoms with Gasteiger partial charge in [0.15, 0.2) is 11.5 Å². The van der Waals surface area contributed by atoms with Crippen molar-refractivity contribution in [3.05, 3.63) is 52.8 Å². The molecular weight excluding hydrogens is 324 g/mol. The number of nitriles is 1. The minimum absolute atomic E-state index is 0.358. The number of nitrogens with one attached hydrogen (secondary N) is 1. The molecule has 0 aliphatic heterocycles. The second-order valence-corrected chi connectivity index (χ2v) is 5.87. The van der Waals surface area contributed by atoms with E-state index < -0.39 is 37.3 Å². The maximum Gasteiger partial charge on any atom is 0.264 e. The van der Waals surface area contributed by atoms with Gasteiger partial charge in [0.25, 0.3) is 10.0 Å². The lowest BCUT2D eigenvalue weighted by Gasteiger charge is -2.11. The molecule has 0 amide bonds. The highest BCUT2D eigenvalue weighted by Gasteiger charge is 2.22. The van der Waals surface area contributed by atoms with Crippen LogP contribution in [0.4, 0.5) is 14.5 Å². The molecule has 0 saturated heterocycles. The molecule has 0 aliphatic carbocycles. The molecule has 21 heavy (non-hydrogen) atoms. The van der Waals surface area contributed by atoms with E-state index in [0.717, 1.165) is 12.1 Å². The van der Waals surface area contributed by atoms with Gasteiger partial charge in [-0.05, 0) is 18.2 Å². The Morgan fingerprint density at radius 2 is 2.05 bits per heavy atom. The molecular formula is C12H6ClF2N3O2S. The highest BCUT2D eigenvalue weighted by Crippen LogP contribution is 2.29. The summed E-state index contributed by atoms with van der Waals surface area (Å²) in [6, 6.07) is 5.29. The van der Waals surface area contributed by atoms with Crippen LogP contribution in [0, 0.1) is 23.0 Å². The maximum atomic E-state index is 13.6. The highest BCUT2D eigenvalue weighted by atomic mass is 35.5. The van der Waals surface area contributed by atoms with Gasteiger partial charge in [0.05, 0.1) is 5.02 Å². The molecule has 0 radical (unpaired) electrons. The maximum absolute atomic E-state index is 13.6. The van der Waals surface area contributed by atoms with Crippen molar-refractivity contribution in [1.82, 2.24) is 4.98 Å². The molecule has 0 unspecified atom stereocenters. The normalized spacial score (nSPS) is 11.0. The molecule has 1 aromatic carbocycles. The van der Waals surface area contributed by atoms with E-state index in [0.29, 0.717) is 6.07 Å². The van der Waals surface area contributed by atoms with Crippen LogP contribution in [-0.2, 0) is 10.0 Å². The smallest absolute Gasteiger partial charge is 0.264 e. The van der Waals surface area contributed by atoms with E-state index >= 15 is 0 Å². The predicted octanol–water partition coefficient (Wildman–Crippen LogP) is 2.69. The summed E-state index contributed by atoms with van der Waals surface area (Å²) in [5, 5.41) is 8.39. The fraction of sp³-hybridized carbons (Fsp3) is 0. The molecule has 0 spiro atoms. The van der Waals surface area contributed by atoms with Crippen LogP contribution in [0.1, 0.15) is 5.69 Å². The third-order valence-electron chi connectivity index (χ3n) is 2.41. The summed E-state index contributed by atoms with van der Waals surface area (Å²) >= 11 is 5.61. The largest absolute Gasteiger partial charge is 0.275 e. The Balaban J connectivity index is 2.51. The van der Waals surface area contributed by atoms with Crippen molar-refractivity contribution in [2.24, 2.45) is 0 Å². The third kappa shape index (κ3) is 3.09. The van der Waals surface area contributed by atoms with Crippen molar-refractivity contribution >= 4 is 27.3 Å². The van der Waals surface area contributed by atoms with E-state index in [-0.39, 0.29) is 5.69 Å². The van der Waals surface area contributed by atoms with Crippen molar-refractivity contribution in [3.8, 4) is 6.07 Å². The summed E-state index contributed by atoms with van der Waals surface area (Å²) in [5.41, 5.74) is -0.963. The number of rotatable bonds is 3. The molecule has 1 heterocycles. The number of anilines is 1. The fourth-order valence-corrected chi connectivity index (χ4v) is 3.01. The van der Waals surface area contributed by atoms with Gasteiger partial charge in [-0.15, -0.1) is 0 Å². The number of hydrogen-bond donors (Lipinski definition) is 1. The average molecular weight is 330 g/mol. The van der Waals surface area contributed by atoms with Crippen LogP contribution in [0.3, 0.4) is 0 Å². The Morgan fingerprint density at radius 1 is 1.33 bits per heavy atom. The standard InChI is InChI=1S/C12H6ClF2N3O2S/c13-8-4-7(14)5-9(15)12(8)18-21(19,20)11-2-1-3-17-10(11)6-16/h1-5,18H. The van der Waals surface area contributed by atoms with Gasteiger partial charge >= 0.3 is 0 Å². The van der Waals surface area contributed by atoms with Crippen LogP contribution in [0.15, 0.2) is 35.4 Å². The lowest BCUT2D eigenvalue weighted by molar-refractivity contribution is 0.582. The average Bonchev–Trinajstić information content (AvgIpc) is 2.43. The Hall–Kier alpha value is -2.24. The number of hydrogen-bond acceptors (Lipinski definition) is 4. The number of pyridine rings is 1. The van der Waals surface area contributed by atoms with E-state index in [1.165, 1.54) is 12.3 Å². The molecule has 0 fully saturated rings. The van der Waals surface area contributed by atoms with Gasteiger partial charge in [0, 0.05) is 12.3 Å². The second kappa shape index (κ2) is 5.63. The summed E-state index contributed by atoms with van der Waals surface area (Å²) in [6.45, 7) is 0. The molecule has 1 aromatic heterocycles. The van der Waals surface area contributed by atoms with Crippen LogP contribution in [0.25, 0.3) is 0 Å². The van der Waals surface area contributed by atoms with Crippen LogP contribution in [0.5, 0.6) is 0 Å².